The van der Waals surface area contributed by atoms with E-state index in [9.17, 15) is 0 Å². The quantitative estimate of drug-likeness (QED) is 0.771. The minimum absolute atomic E-state index is 0.414. The van der Waals surface area contributed by atoms with Gasteiger partial charge in [-0.15, -0.1) is 11.6 Å². The zero-order valence-corrected chi connectivity index (χ0v) is 10.3. The van der Waals surface area contributed by atoms with Gasteiger partial charge in [0.2, 0.25) is 0 Å². The number of pyridine rings is 1. The van der Waals surface area contributed by atoms with Crippen molar-refractivity contribution >= 4 is 34.4 Å². The van der Waals surface area contributed by atoms with E-state index >= 15 is 0 Å². The Morgan fingerprint density at radius 1 is 1.56 bits per heavy atom. The van der Waals surface area contributed by atoms with E-state index in [1.165, 1.54) is 6.42 Å². The topological polar surface area (TPSA) is 30.7 Å². The van der Waals surface area contributed by atoms with Gasteiger partial charge < -0.3 is 4.57 Å². The second-order valence-corrected chi connectivity index (χ2v) is 5.01. The number of nitrogens with zero attached hydrogens (tertiary/aromatic N) is 3. The van der Waals surface area contributed by atoms with Crippen molar-refractivity contribution in [3.8, 4) is 0 Å². The fourth-order valence-corrected chi connectivity index (χ4v) is 2.45. The second-order valence-electron chi connectivity index (χ2n) is 4.31. The molecule has 0 spiro atoms. The number of alkyl halides is 1. The van der Waals surface area contributed by atoms with E-state index in [1.54, 1.807) is 6.20 Å². The number of halogens is 2. The van der Waals surface area contributed by atoms with Gasteiger partial charge in [-0.1, -0.05) is 18.5 Å². The van der Waals surface area contributed by atoms with Crippen LogP contribution in [-0.2, 0) is 5.88 Å². The maximum atomic E-state index is 5.92. The molecule has 0 amide bonds. The number of imidazole rings is 1. The Bertz CT molecular complexity index is 549. The average molecular weight is 256 g/mol. The molecule has 2 unspecified atom stereocenters. The van der Waals surface area contributed by atoms with E-state index in [0.29, 0.717) is 22.9 Å². The van der Waals surface area contributed by atoms with Crippen LogP contribution in [0.15, 0.2) is 12.3 Å². The van der Waals surface area contributed by atoms with Crippen LogP contribution in [0.25, 0.3) is 11.2 Å². The van der Waals surface area contributed by atoms with Gasteiger partial charge in [0.15, 0.2) is 5.65 Å². The highest BCUT2D eigenvalue weighted by Crippen LogP contribution is 2.45. The number of aromatic nitrogens is 3. The molecule has 2 aromatic rings. The number of hydrogen-bond acceptors (Lipinski definition) is 2. The third-order valence-electron chi connectivity index (χ3n) is 3.09. The van der Waals surface area contributed by atoms with Crippen LogP contribution in [0.1, 0.15) is 25.2 Å². The van der Waals surface area contributed by atoms with E-state index in [0.717, 1.165) is 17.0 Å². The van der Waals surface area contributed by atoms with Crippen molar-refractivity contribution in [3.63, 3.8) is 0 Å². The molecule has 0 aromatic carbocycles. The summed E-state index contributed by atoms with van der Waals surface area (Å²) in [7, 11) is 0. The normalized spacial score (nSPS) is 23.9. The number of hydrogen-bond donors (Lipinski definition) is 0. The van der Waals surface area contributed by atoms with Crippen LogP contribution in [0, 0.1) is 5.92 Å². The summed E-state index contributed by atoms with van der Waals surface area (Å²) in [6.07, 6.45) is 2.84. The highest BCUT2D eigenvalue weighted by atomic mass is 35.5. The zero-order valence-electron chi connectivity index (χ0n) is 8.82. The molecule has 1 saturated carbocycles. The van der Waals surface area contributed by atoms with E-state index in [-0.39, 0.29) is 0 Å². The van der Waals surface area contributed by atoms with Gasteiger partial charge in [-0.3, -0.25) is 0 Å². The first-order valence-electron chi connectivity index (χ1n) is 5.29. The highest BCUT2D eigenvalue weighted by molar-refractivity contribution is 6.31. The summed E-state index contributed by atoms with van der Waals surface area (Å²) in [5, 5.41) is 0.613. The van der Waals surface area contributed by atoms with Gasteiger partial charge in [-0.05, 0) is 18.4 Å². The summed E-state index contributed by atoms with van der Waals surface area (Å²) in [6, 6.07) is 2.34. The lowest BCUT2D eigenvalue weighted by Gasteiger charge is -2.04. The molecule has 0 aliphatic heterocycles. The van der Waals surface area contributed by atoms with Crippen LogP contribution < -0.4 is 0 Å². The molecule has 0 saturated heterocycles. The van der Waals surface area contributed by atoms with Gasteiger partial charge in [0.05, 0.1) is 10.9 Å². The summed E-state index contributed by atoms with van der Waals surface area (Å²) in [5.41, 5.74) is 1.73. The Hall–Kier alpha value is -0.800. The van der Waals surface area contributed by atoms with Crippen LogP contribution in [0.5, 0.6) is 0 Å². The third-order valence-corrected chi connectivity index (χ3v) is 3.53. The predicted octanol–water partition coefficient (Wildman–Crippen LogP) is 3.40. The molecule has 1 aliphatic carbocycles. The largest absolute Gasteiger partial charge is 0.308 e. The molecule has 3 rings (SSSR count). The van der Waals surface area contributed by atoms with Crippen LogP contribution in [-0.4, -0.2) is 14.5 Å². The lowest BCUT2D eigenvalue weighted by molar-refractivity contribution is 0.672. The molecule has 2 heterocycles. The number of fused-ring (bicyclic) bond motifs is 1. The predicted molar refractivity (Wildman–Crippen MR) is 64.9 cm³/mol. The maximum absolute atomic E-state index is 5.92. The van der Waals surface area contributed by atoms with E-state index in [4.69, 9.17) is 23.2 Å². The van der Waals surface area contributed by atoms with Gasteiger partial charge >= 0.3 is 0 Å². The van der Waals surface area contributed by atoms with E-state index in [2.05, 4.69) is 21.5 Å². The van der Waals surface area contributed by atoms with Crippen molar-refractivity contribution in [1.82, 2.24) is 14.5 Å². The maximum Gasteiger partial charge on any atom is 0.160 e. The van der Waals surface area contributed by atoms with Crippen molar-refractivity contribution in [2.45, 2.75) is 25.3 Å². The van der Waals surface area contributed by atoms with Crippen molar-refractivity contribution in [1.29, 1.82) is 0 Å². The Kier molecular flexibility index (Phi) is 2.33. The fourth-order valence-electron chi connectivity index (χ4n) is 2.11. The molecule has 2 atom stereocenters. The monoisotopic (exact) mass is 255 g/mol. The summed E-state index contributed by atoms with van der Waals surface area (Å²) in [6.45, 7) is 2.23. The fraction of sp³-hybridized carbons (Fsp3) is 0.455. The number of rotatable bonds is 2. The van der Waals surface area contributed by atoms with Crippen molar-refractivity contribution < 1.29 is 0 Å². The molecule has 5 heteroatoms. The van der Waals surface area contributed by atoms with Gasteiger partial charge in [-0.2, -0.15) is 0 Å². The molecule has 16 heavy (non-hydrogen) atoms. The summed E-state index contributed by atoms with van der Waals surface area (Å²) < 4.78 is 2.16. The Morgan fingerprint density at radius 3 is 2.94 bits per heavy atom. The molecule has 2 aromatic heterocycles. The molecular formula is C11H11Cl2N3. The molecule has 0 radical (unpaired) electrons. The standard InChI is InChI=1S/C11H11Cl2N3/c1-6-2-9(6)16-10(4-12)15-8-3-7(13)5-14-11(8)16/h3,5-6,9H,2,4H2,1H3. The van der Waals surface area contributed by atoms with Crippen LogP contribution in [0.2, 0.25) is 5.02 Å². The van der Waals surface area contributed by atoms with Crippen molar-refractivity contribution in [2.75, 3.05) is 0 Å². The van der Waals surface area contributed by atoms with Gasteiger partial charge in [0.1, 0.15) is 11.3 Å². The Balaban J connectivity index is 2.23. The lowest BCUT2D eigenvalue weighted by atomic mass is 10.4. The molecule has 1 fully saturated rings. The first kappa shape index (κ1) is 10.4. The smallest absolute Gasteiger partial charge is 0.160 e. The third kappa shape index (κ3) is 1.50. The summed E-state index contributed by atoms with van der Waals surface area (Å²) in [5.74, 6) is 2.00. The minimum Gasteiger partial charge on any atom is -0.308 e. The van der Waals surface area contributed by atoms with E-state index < -0.39 is 0 Å². The minimum atomic E-state index is 0.414. The molecule has 0 N–H and O–H groups in total. The summed E-state index contributed by atoms with van der Waals surface area (Å²) in [4.78, 5) is 8.83. The first-order chi connectivity index (χ1) is 7.70. The van der Waals surface area contributed by atoms with Gasteiger partial charge in [0.25, 0.3) is 0 Å². The van der Waals surface area contributed by atoms with Crippen LogP contribution in [0.3, 0.4) is 0 Å². The van der Waals surface area contributed by atoms with Gasteiger partial charge in [-0.25, -0.2) is 9.97 Å². The lowest BCUT2D eigenvalue weighted by Crippen LogP contribution is -2.01. The van der Waals surface area contributed by atoms with Crippen LogP contribution >= 0.6 is 23.2 Å². The zero-order chi connectivity index (χ0) is 11.3. The first-order valence-corrected chi connectivity index (χ1v) is 6.20. The summed E-state index contributed by atoms with van der Waals surface area (Å²) >= 11 is 11.8. The Labute approximate surface area is 103 Å². The van der Waals surface area contributed by atoms with E-state index in [1.807, 2.05) is 6.07 Å². The molecule has 84 valence electrons. The van der Waals surface area contributed by atoms with Gasteiger partial charge in [0, 0.05) is 12.2 Å². The second kappa shape index (κ2) is 3.60. The molecular weight excluding hydrogens is 245 g/mol. The molecule has 0 bridgehead atoms. The highest BCUT2D eigenvalue weighted by Gasteiger charge is 2.37. The van der Waals surface area contributed by atoms with Crippen LogP contribution in [0.4, 0.5) is 0 Å². The SMILES string of the molecule is CC1CC1n1c(CCl)nc2cc(Cl)cnc21. The molecule has 1 aliphatic rings. The van der Waals surface area contributed by atoms with Crippen molar-refractivity contribution in [3.05, 3.63) is 23.1 Å². The average Bonchev–Trinajstić information content (AvgIpc) is 2.86. The van der Waals surface area contributed by atoms with Crippen molar-refractivity contribution in [2.24, 2.45) is 5.92 Å². The molecule has 3 nitrogen and oxygen atoms in total. The Morgan fingerprint density at radius 2 is 2.31 bits per heavy atom.